The molecule has 0 amide bonds. The molecule has 3 nitrogen and oxygen atoms in total. The third kappa shape index (κ3) is 2.91. The predicted octanol–water partition coefficient (Wildman–Crippen LogP) is 6.47. The van der Waals surface area contributed by atoms with E-state index >= 15 is 0 Å². The third-order valence-electron chi connectivity index (χ3n) is 5.55. The van der Waals surface area contributed by atoms with Gasteiger partial charge in [0.15, 0.2) is 0 Å². The molecule has 1 heterocycles. The number of nitriles is 2. The summed E-state index contributed by atoms with van der Waals surface area (Å²) < 4.78 is 0. The van der Waals surface area contributed by atoms with Crippen LogP contribution in [-0.4, -0.2) is 0 Å². The monoisotopic (exact) mass is 383 g/mol. The summed E-state index contributed by atoms with van der Waals surface area (Å²) in [6.07, 6.45) is 0.924. The average Bonchev–Trinajstić information content (AvgIpc) is 2.82. The molecule has 4 aromatic carbocycles. The van der Waals surface area contributed by atoms with Crippen LogP contribution in [0.5, 0.6) is 0 Å². The molecular formula is C27H17N3. The number of nitrogens with zero attached hydrogens (tertiary/aromatic N) is 3. The minimum Gasteiger partial charge on any atom is -0.310 e. The maximum absolute atomic E-state index is 9.48. The van der Waals surface area contributed by atoms with E-state index in [2.05, 4.69) is 77.7 Å². The summed E-state index contributed by atoms with van der Waals surface area (Å²) in [6.45, 7) is 0. The maximum atomic E-state index is 9.48. The second kappa shape index (κ2) is 7.24. The van der Waals surface area contributed by atoms with Gasteiger partial charge in [0.25, 0.3) is 0 Å². The van der Waals surface area contributed by atoms with Crippen LogP contribution in [0.4, 0.5) is 17.1 Å². The normalized spacial score (nSPS) is 11.7. The van der Waals surface area contributed by atoms with Crippen molar-refractivity contribution < 1.29 is 0 Å². The molecule has 140 valence electrons. The largest absolute Gasteiger partial charge is 0.310 e. The van der Waals surface area contributed by atoms with Gasteiger partial charge in [0.05, 0.1) is 23.3 Å². The summed E-state index contributed by atoms with van der Waals surface area (Å²) >= 11 is 0. The van der Waals surface area contributed by atoms with E-state index in [-0.39, 0.29) is 0 Å². The topological polar surface area (TPSA) is 50.8 Å². The van der Waals surface area contributed by atoms with Gasteiger partial charge >= 0.3 is 0 Å². The van der Waals surface area contributed by atoms with E-state index in [0.717, 1.165) is 23.2 Å². The van der Waals surface area contributed by atoms with Gasteiger partial charge in [0.2, 0.25) is 0 Å². The van der Waals surface area contributed by atoms with Gasteiger partial charge in [0.1, 0.15) is 0 Å². The summed E-state index contributed by atoms with van der Waals surface area (Å²) in [5, 5.41) is 18.7. The van der Waals surface area contributed by atoms with Gasteiger partial charge in [-0.25, -0.2) is 0 Å². The van der Waals surface area contributed by atoms with Crippen LogP contribution in [0.2, 0.25) is 0 Å². The Morgan fingerprint density at radius 3 is 1.90 bits per heavy atom. The smallest absolute Gasteiger partial charge is 0.0998 e. The Labute approximate surface area is 175 Å². The number of hydrogen-bond acceptors (Lipinski definition) is 3. The first-order chi connectivity index (χ1) is 14.8. The number of benzene rings is 4. The Balaban J connectivity index is 1.62. The summed E-state index contributed by atoms with van der Waals surface area (Å²) in [6, 6.07) is 34.7. The average molecular weight is 383 g/mol. The van der Waals surface area contributed by atoms with Gasteiger partial charge < -0.3 is 4.90 Å². The van der Waals surface area contributed by atoms with Crippen LogP contribution in [0.1, 0.15) is 22.3 Å². The first-order valence-electron chi connectivity index (χ1n) is 9.79. The Morgan fingerprint density at radius 1 is 0.667 bits per heavy atom. The first kappa shape index (κ1) is 17.7. The van der Waals surface area contributed by atoms with Crippen LogP contribution < -0.4 is 4.90 Å². The van der Waals surface area contributed by atoms with Gasteiger partial charge in [-0.15, -0.1) is 0 Å². The molecule has 0 aliphatic carbocycles. The standard InChI is InChI=1S/C27H17N3/c28-17-19-9-10-23(18-29)25(15-19)20-11-13-24(14-12-20)30-26-7-3-1-5-21(26)16-22-6-2-4-8-27(22)30/h1-15H,16H2. The molecule has 0 saturated heterocycles. The highest BCUT2D eigenvalue weighted by atomic mass is 15.2. The van der Waals surface area contributed by atoms with Crippen molar-refractivity contribution in [1.82, 2.24) is 0 Å². The molecule has 3 heteroatoms. The molecule has 0 saturated carbocycles. The van der Waals surface area contributed by atoms with Gasteiger partial charge in [-0.2, -0.15) is 10.5 Å². The minimum absolute atomic E-state index is 0.548. The maximum Gasteiger partial charge on any atom is 0.0998 e. The zero-order chi connectivity index (χ0) is 20.5. The molecule has 30 heavy (non-hydrogen) atoms. The zero-order valence-electron chi connectivity index (χ0n) is 16.2. The molecule has 0 unspecified atom stereocenters. The predicted molar refractivity (Wildman–Crippen MR) is 119 cm³/mol. The third-order valence-corrected chi connectivity index (χ3v) is 5.55. The summed E-state index contributed by atoms with van der Waals surface area (Å²) in [7, 11) is 0. The summed E-state index contributed by atoms with van der Waals surface area (Å²) in [4.78, 5) is 2.29. The molecule has 0 N–H and O–H groups in total. The number of para-hydroxylation sites is 2. The number of fused-ring (bicyclic) bond motifs is 2. The van der Waals surface area contributed by atoms with E-state index in [4.69, 9.17) is 0 Å². The van der Waals surface area contributed by atoms with Crippen LogP contribution in [0.15, 0.2) is 91.0 Å². The highest BCUT2D eigenvalue weighted by molar-refractivity contribution is 5.84. The van der Waals surface area contributed by atoms with E-state index < -0.39 is 0 Å². The fraction of sp³-hybridized carbons (Fsp3) is 0.0370. The molecule has 0 atom stereocenters. The molecule has 0 aromatic heterocycles. The van der Waals surface area contributed by atoms with Crippen molar-refractivity contribution >= 4 is 17.1 Å². The molecular weight excluding hydrogens is 366 g/mol. The molecule has 5 rings (SSSR count). The van der Waals surface area contributed by atoms with Crippen molar-refractivity contribution in [2.24, 2.45) is 0 Å². The molecule has 0 radical (unpaired) electrons. The van der Waals surface area contributed by atoms with Crippen molar-refractivity contribution in [3.8, 4) is 23.3 Å². The molecule has 4 aromatic rings. The van der Waals surface area contributed by atoms with E-state index in [1.165, 1.54) is 22.5 Å². The second-order valence-corrected chi connectivity index (χ2v) is 7.30. The molecule has 0 fully saturated rings. The summed E-state index contributed by atoms with van der Waals surface area (Å²) in [5.41, 5.74) is 8.85. The number of anilines is 3. The fourth-order valence-electron chi connectivity index (χ4n) is 4.11. The second-order valence-electron chi connectivity index (χ2n) is 7.30. The number of rotatable bonds is 2. The Morgan fingerprint density at radius 2 is 1.30 bits per heavy atom. The van der Waals surface area contributed by atoms with Crippen LogP contribution in [0.3, 0.4) is 0 Å². The lowest BCUT2D eigenvalue weighted by molar-refractivity contribution is 1.09. The van der Waals surface area contributed by atoms with E-state index in [9.17, 15) is 10.5 Å². The van der Waals surface area contributed by atoms with Crippen LogP contribution in [0, 0.1) is 22.7 Å². The van der Waals surface area contributed by atoms with E-state index in [1.54, 1.807) is 18.2 Å². The lowest BCUT2D eigenvalue weighted by atomic mass is 9.94. The Hall–Kier alpha value is -4.34. The number of hydrogen-bond donors (Lipinski definition) is 0. The van der Waals surface area contributed by atoms with Gasteiger partial charge in [0, 0.05) is 29.0 Å². The van der Waals surface area contributed by atoms with Crippen molar-refractivity contribution in [3.63, 3.8) is 0 Å². The zero-order valence-corrected chi connectivity index (χ0v) is 16.2. The van der Waals surface area contributed by atoms with Crippen LogP contribution in [-0.2, 0) is 6.42 Å². The van der Waals surface area contributed by atoms with Crippen LogP contribution >= 0.6 is 0 Å². The Kier molecular flexibility index (Phi) is 4.28. The minimum atomic E-state index is 0.548. The fourth-order valence-corrected chi connectivity index (χ4v) is 4.11. The SMILES string of the molecule is N#Cc1ccc(C#N)c(-c2ccc(N3c4ccccc4Cc4ccccc43)cc2)c1. The van der Waals surface area contributed by atoms with Crippen molar-refractivity contribution in [2.75, 3.05) is 4.90 Å². The van der Waals surface area contributed by atoms with Crippen LogP contribution in [0.25, 0.3) is 11.1 Å². The van der Waals surface area contributed by atoms with Gasteiger partial charge in [-0.1, -0.05) is 48.5 Å². The highest BCUT2D eigenvalue weighted by Gasteiger charge is 2.23. The van der Waals surface area contributed by atoms with Gasteiger partial charge in [-0.3, -0.25) is 0 Å². The van der Waals surface area contributed by atoms with E-state index in [1.807, 2.05) is 12.1 Å². The first-order valence-corrected chi connectivity index (χ1v) is 9.79. The van der Waals surface area contributed by atoms with Crippen molar-refractivity contribution in [1.29, 1.82) is 10.5 Å². The molecule has 1 aliphatic rings. The highest BCUT2D eigenvalue weighted by Crippen LogP contribution is 2.43. The summed E-state index contributed by atoms with van der Waals surface area (Å²) in [5.74, 6) is 0. The lowest BCUT2D eigenvalue weighted by Gasteiger charge is -2.33. The molecule has 0 spiro atoms. The van der Waals surface area contributed by atoms with Gasteiger partial charge in [-0.05, 0) is 59.2 Å². The molecule has 0 bridgehead atoms. The Bertz CT molecular complexity index is 1290. The van der Waals surface area contributed by atoms with Crippen molar-refractivity contribution in [2.45, 2.75) is 6.42 Å². The quantitative estimate of drug-likeness (QED) is 0.351. The van der Waals surface area contributed by atoms with E-state index in [0.29, 0.717) is 11.1 Å². The van der Waals surface area contributed by atoms with Crippen molar-refractivity contribution in [3.05, 3.63) is 113 Å². The molecule has 1 aliphatic heterocycles. The lowest BCUT2D eigenvalue weighted by Crippen LogP contribution is -2.18.